The lowest BCUT2D eigenvalue weighted by Crippen LogP contribution is -2.14. The van der Waals surface area contributed by atoms with Gasteiger partial charge in [0.15, 0.2) is 11.5 Å². The van der Waals surface area contributed by atoms with E-state index in [9.17, 15) is 0 Å². The predicted octanol–water partition coefficient (Wildman–Crippen LogP) is 5.64. The van der Waals surface area contributed by atoms with Crippen molar-refractivity contribution < 1.29 is 9.47 Å². The second-order valence-electron chi connectivity index (χ2n) is 6.67. The Morgan fingerprint density at radius 2 is 1.73 bits per heavy atom. The number of benzene rings is 2. The maximum atomic E-state index is 6.04. The fourth-order valence-electron chi connectivity index (χ4n) is 2.89. The van der Waals surface area contributed by atoms with Crippen LogP contribution in [0, 0.1) is 6.92 Å². The van der Waals surface area contributed by atoms with Crippen LogP contribution in [0.3, 0.4) is 0 Å². The molecule has 0 spiro atoms. The fourth-order valence-corrected chi connectivity index (χ4v) is 2.89. The summed E-state index contributed by atoms with van der Waals surface area (Å²) in [5, 5.41) is 3.52. The molecule has 0 radical (unpaired) electrons. The Morgan fingerprint density at radius 1 is 0.885 bits per heavy atom. The minimum Gasteiger partial charge on any atom is -0.490 e. The summed E-state index contributed by atoms with van der Waals surface area (Å²) in [5.74, 6) is 1.63. The summed E-state index contributed by atoms with van der Waals surface area (Å²) in [6, 6.07) is 14.5. The number of hydrogen-bond donors (Lipinski definition) is 1. The SMILES string of the molecule is CCCCCCNCc1ccc(OCc2ccccc2C)c(OCC)c1. The standard InChI is InChI=1S/C23H33NO2/c1-4-6-7-10-15-24-17-20-13-14-22(23(16-20)25-5-2)26-18-21-12-9-8-11-19(21)3/h8-9,11-14,16,24H,4-7,10,15,17-18H2,1-3H3. The second kappa shape index (κ2) is 11.6. The Bertz CT molecular complexity index is 654. The molecule has 0 saturated heterocycles. The summed E-state index contributed by atoms with van der Waals surface area (Å²) in [5.41, 5.74) is 3.68. The molecular formula is C23H33NO2. The van der Waals surface area contributed by atoms with Gasteiger partial charge < -0.3 is 14.8 Å². The predicted molar refractivity (Wildman–Crippen MR) is 109 cm³/mol. The Kier molecular flexibility index (Phi) is 9.05. The first-order chi connectivity index (χ1) is 12.7. The maximum Gasteiger partial charge on any atom is 0.161 e. The van der Waals surface area contributed by atoms with E-state index in [2.05, 4.69) is 49.5 Å². The summed E-state index contributed by atoms with van der Waals surface area (Å²) in [6.07, 6.45) is 5.15. The summed E-state index contributed by atoms with van der Waals surface area (Å²) in [7, 11) is 0. The number of unbranched alkanes of at least 4 members (excludes halogenated alkanes) is 3. The number of nitrogens with one attached hydrogen (secondary N) is 1. The molecule has 0 amide bonds. The van der Waals surface area contributed by atoms with Gasteiger partial charge >= 0.3 is 0 Å². The van der Waals surface area contributed by atoms with Crippen molar-refractivity contribution in [1.29, 1.82) is 0 Å². The van der Waals surface area contributed by atoms with Gasteiger partial charge in [0.25, 0.3) is 0 Å². The molecule has 0 saturated carbocycles. The molecule has 1 N–H and O–H groups in total. The highest BCUT2D eigenvalue weighted by Crippen LogP contribution is 2.29. The fraction of sp³-hybridized carbons (Fsp3) is 0.478. The van der Waals surface area contributed by atoms with E-state index in [1.54, 1.807) is 0 Å². The highest BCUT2D eigenvalue weighted by molar-refractivity contribution is 5.43. The minimum atomic E-state index is 0.557. The molecule has 2 aromatic carbocycles. The first-order valence-corrected chi connectivity index (χ1v) is 9.88. The summed E-state index contributed by atoms with van der Waals surface area (Å²) < 4.78 is 11.8. The zero-order chi connectivity index (χ0) is 18.6. The molecule has 0 heterocycles. The number of hydrogen-bond acceptors (Lipinski definition) is 3. The smallest absolute Gasteiger partial charge is 0.161 e. The maximum absolute atomic E-state index is 6.04. The van der Waals surface area contributed by atoms with E-state index < -0.39 is 0 Å². The summed E-state index contributed by atoms with van der Waals surface area (Å²) in [4.78, 5) is 0. The van der Waals surface area contributed by atoms with Crippen LogP contribution in [-0.4, -0.2) is 13.2 Å². The Morgan fingerprint density at radius 3 is 2.50 bits per heavy atom. The molecule has 3 heteroatoms. The molecule has 2 rings (SSSR count). The Hall–Kier alpha value is -2.00. The average molecular weight is 356 g/mol. The van der Waals surface area contributed by atoms with Crippen LogP contribution in [0.5, 0.6) is 11.5 Å². The van der Waals surface area contributed by atoms with Gasteiger partial charge in [0, 0.05) is 6.54 Å². The molecule has 0 aromatic heterocycles. The van der Waals surface area contributed by atoms with Crippen LogP contribution in [0.4, 0.5) is 0 Å². The van der Waals surface area contributed by atoms with Crippen molar-refractivity contribution in [3.8, 4) is 11.5 Å². The van der Waals surface area contributed by atoms with Crippen LogP contribution >= 0.6 is 0 Å². The molecule has 0 aliphatic heterocycles. The van der Waals surface area contributed by atoms with Gasteiger partial charge in [-0.05, 0) is 55.6 Å². The van der Waals surface area contributed by atoms with Gasteiger partial charge in [0.1, 0.15) is 6.61 Å². The van der Waals surface area contributed by atoms with E-state index in [1.807, 2.05) is 19.1 Å². The molecule has 0 aliphatic carbocycles. The van der Waals surface area contributed by atoms with Crippen molar-refractivity contribution in [2.75, 3.05) is 13.2 Å². The molecule has 0 bridgehead atoms. The monoisotopic (exact) mass is 355 g/mol. The van der Waals surface area contributed by atoms with E-state index >= 15 is 0 Å². The Labute approximate surface area is 158 Å². The molecule has 0 aliphatic rings. The zero-order valence-corrected chi connectivity index (χ0v) is 16.5. The lowest BCUT2D eigenvalue weighted by molar-refractivity contribution is 0.268. The van der Waals surface area contributed by atoms with Crippen molar-refractivity contribution in [3.63, 3.8) is 0 Å². The third kappa shape index (κ3) is 6.72. The van der Waals surface area contributed by atoms with Gasteiger partial charge in [0.05, 0.1) is 6.61 Å². The van der Waals surface area contributed by atoms with Gasteiger partial charge in [0.2, 0.25) is 0 Å². The molecule has 0 atom stereocenters. The number of rotatable bonds is 12. The van der Waals surface area contributed by atoms with Crippen LogP contribution in [0.15, 0.2) is 42.5 Å². The molecular weight excluding hydrogens is 322 g/mol. The quantitative estimate of drug-likeness (QED) is 0.500. The first-order valence-electron chi connectivity index (χ1n) is 9.88. The molecule has 0 fully saturated rings. The van der Waals surface area contributed by atoms with E-state index in [4.69, 9.17) is 9.47 Å². The average Bonchev–Trinajstić information content (AvgIpc) is 2.65. The lowest BCUT2D eigenvalue weighted by atomic mass is 10.1. The van der Waals surface area contributed by atoms with Crippen LogP contribution < -0.4 is 14.8 Å². The van der Waals surface area contributed by atoms with Gasteiger partial charge in [-0.1, -0.05) is 56.5 Å². The van der Waals surface area contributed by atoms with E-state index in [1.165, 1.54) is 42.4 Å². The molecule has 142 valence electrons. The van der Waals surface area contributed by atoms with E-state index in [0.29, 0.717) is 13.2 Å². The third-order valence-corrected chi connectivity index (χ3v) is 4.49. The highest BCUT2D eigenvalue weighted by atomic mass is 16.5. The van der Waals surface area contributed by atoms with Gasteiger partial charge in [-0.2, -0.15) is 0 Å². The van der Waals surface area contributed by atoms with Crippen LogP contribution in [0.2, 0.25) is 0 Å². The largest absolute Gasteiger partial charge is 0.490 e. The van der Waals surface area contributed by atoms with Crippen molar-refractivity contribution in [1.82, 2.24) is 5.32 Å². The second-order valence-corrected chi connectivity index (χ2v) is 6.67. The van der Waals surface area contributed by atoms with Gasteiger partial charge in [-0.25, -0.2) is 0 Å². The van der Waals surface area contributed by atoms with Gasteiger partial charge in [-0.3, -0.25) is 0 Å². The summed E-state index contributed by atoms with van der Waals surface area (Å²) >= 11 is 0. The topological polar surface area (TPSA) is 30.5 Å². The van der Waals surface area contributed by atoms with E-state index in [-0.39, 0.29) is 0 Å². The van der Waals surface area contributed by atoms with Gasteiger partial charge in [-0.15, -0.1) is 0 Å². The lowest BCUT2D eigenvalue weighted by Gasteiger charge is -2.14. The van der Waals surface area contributed by atoms with Crippen LogP contribution in [0.1, 0.15) is 56.2 Å². The Balaban J connectivity index is 1.91. The number of aryl methyl sites for hydroxylation is 1. The third-order valence-electron chi connectivity index (χ3n) is 4.49. The van der Waals surface area contributed by atoms with Crippen molar-refractivity contribution in [2.45, 2.75) is 59.6 Å². The van der Waals surface area contributed by atoms with Crippen molar-refractivity contribution in [3.05, 3.63) is 59.2 Å². The normalized spacial score (nSPS) is 10.7. The first kappa shape index (κ1) is 20.3. The van der Waals surface area contributed by atoms with E-state index in [0.717, 1.165) is 24.6 Å². The summed E-state index contributed by atoms with van der Waals surface area (Å²) in [6.45, 7) is 9.47. The minimum absolute atomic E-state index is 0.557. The molecule has 2 aromatic rings. The van der Waals surface area contributed by atoms with Crippen molar-refractivity contribution >= 4 is 0 Å². The number of ether oxygens (including phenoxy) is 2. The van der Waals surface area contributed by atoms with Crippen molar-refractivity contribution in [2.24, 2.45) is 0 Å². The molecule has 26 heavy (non-hydrogen) atoms. The molecule has 3 nitrogen and oxygen atoms in total. The zero-order valence-electron chi connectivity index (χ0n) is 16.5. The van der Waals surface area contributed by atoms with Crippen LogP contribution in [0.25, 0.3) is 0 Å². The molecule has 0 unspecified atom stereocenters. The van der Waals surface area contributed by atoms with Crippen LogP contribution in [-0.2, 0) is 13.2 Å². The highest BCUT2D eigenvalue weighted by Gasteiger charge is 2.08.